The number of ether oxygens (including phenoxy) is 1. The third-order valence-electron chi connectivity index (χ3n) is 2.87. The highest BCUT2D eigenvalue weighted by molar-refractivity contribution is 7.88. The van der Waals surface area contributed by atoms with Crippen LogP contribution in [0.5, 0.6) is 5.88 Å². The van der Waals surface area contributed by atoms with E-state index in [1.165, 1.54) is 31.2 Å². The highest BCUT2D eigenvalue weighted by atomic mass is 32.2. The highest BCUT2D eigenvalue weighted by Gasteiger charge is 2.49. The van der Waals surface area contributed by atoms with Crippen molar-refractivity contribution in [3.05, 3.63) is 34.7 Å². The van der Waals surface area contributed by atoms with Crippen LogP contribution >= 0.6 is 11.3 Å². The summed E-state index contributed by atoms with van der Waals surface area (Å²) < 4.78 is 68.2. The first-order chi connectivity index (χ1) is 11.5. The average Bonchev–Trinajstić information content (AvgIpc) is 2.87. The number of nitrogens with zero attached hydrogens (tertiary/aromatic N) is 1. The monoisotopic (exact) mass is 395 g/mol. The molecule has 25 heavy (non-hydrogen) atoms. The Labute approximate surface area is 145 Å². The lowest BCUT2D eigenvalue weighted by Crippen LogP contribution is -2.28. The van der Waals surface area contributed by atoms with E-state index in [0.29, 0.717) is 11.1 Å². The molecule has 11 heteroatoms. The lowest BCUT2D eigenvalue weighted by atomic mass is 10.1. The van der Waals surface area contributed by atoms with Gasteiger partial charge in [-0.1, -0.05) is 12.1 Å². The zero-order valence-corrected chi connectivity index (χ0v) is 14.6. The molecule has 0 radical (unpaired) electrons. The Balaban J connectivity index is 2.27. The number of esters is 1. The van der Waals surface area contributed by atoms with Crippen LogP contribution in [0.1, 0.15) is 22.2 Å². The topological polar surface area (TPSA) is 82.6 Å². The fraction of sp³-hybridized carbons (Fsp3) is 0.286. The number of aromatic nitrogens is 1. The number of carbonyl (C=O) groups is 1. The van der Waals surface area contributed by atoms with Gasteiger partial charge in [-0.2, -0.15) is 21.6 Å². The Kier molecular flexibility index (Phi) is 5.37. The maximum absolute atomic E-state index is 12.4. The van der Waals surface area contributed by atoms with Crippen molar-refractivity contribution in [3.63, 3.8) is 0 Å². The fourth-order valence-corrected chi connectivity index (χ4v) is 3.06. The molecule has 0 spiro atoms. The number of hydrogen-bond donors (Lipinski definition) is 0. The van der Waals surface area contributed by atoms with E-state index in [1.54, 1.807) is 6.92 Å². The Hall–Kier alpha value is -2.14. The van der Waals surface area contributed by atoms with Crippen LogP contribution in [-0.2, 0) is 14.9 Å². The van der Waals surface area contributed by atoms with Crippen LogP contribution in [0.15, 0.2) is 24.3 Å². The molecule has 0 saturated carbocycles. The Morgan fingerprint density at radius 3 is 2.36 bits per heavy atom. The summed E-state index contributed by atoms with van der Waals surface area (Å²) in [7, 11) is -5.78. The van der Waals surface area contributed by atoms with E-state index in [9.17, 15) is 26.4 Å². The lowest BCUT2D eigenvalue weighted by molar-refractivity contribution is -0.0501. The molecule has 1 aromatic heterocycles. The maximum Gasteiger partial charge on any atom is 0.534 e. The van der Waals surface area contributed by atoms with Gasteiger partial charge in [-0.05, 0) is 26.0 Å². The zero-order chi connectivity index (χ0) is 18.8. The molecule has 0 aliphatic heterocycles. The van der Waals surface area contributed by atoms with Crippen LogP contribution < -0.4 is 4.18 Å². The van der Waals surface area contributed by atoms with Crippen molar-refractivity contribution in [1.29, 1.82) is 0 Å². The number of hydrogen-bond acceptors (Lipinski definition) is 7. The van der Waals surface area contributed by atoms with Gasteiger partial charge in [0.15, 0.2) is 0 Å². The van der Waals surface area contributed by atoms with Gasteiger partial charge in [-0.15, -0.1) is 11.3 Å². The minimum absolute atomic E-state index is 0.164. The maximum atomic E-state index is 12.4. The molecular formula is C14H12F3NO5S2. The first-order valence-electron chi connectivity index (χ1n) is 6.81. The van der Waals surface area contributed by atoms with E-state index < -0.39 is 27.5 Å². The van der Waals surface area contributed by atoms with Gasteiger partial charge >= 0.3 is 21.6 Å². The molecule has 1 aromatic carbocycles. The number of alkyl halides is 3. The molecule has 136 valence electrons. The van der Waals surface area contributed by atoms with Crippen LogP contribution in [0.3, 0.4) is 0 Å². The molecule has 0 unspecified atom stereocenters. The molecule has 0 bridgehead atoms. The van der Waals surface area contributed by atoms with Gasteiger partial charge in [0, 0.05) is 5.56 Å². The van der Waals surface area contributed by atoms with Crippen LogP contribution in [0.2, 0.25) is 0 Å². The van der Waals surface area contributed by atoms with E-state index in [0.717, 1.165) is 11.3 Å². The molecule has 0 atom stereocenters. The summed E-state index contributed by atoms with van der Waals surface area (Å²) in [5.41, 5.74) is -4.75. The fourth-order valence-electron chi connectivity index (χ4n) is 1.70. The predicted molar refractivity (Wildman–Crippen MR) is 83.8 cm³/mol. The average molecular weight is 395 g/mol. The molecule has 0 N–H and O–H groups in total. The standard InChI is InChI=1S/C14H12F3NO5S2/c1-3-22-13(19)10-6-4-9(5-7-10)12-18-11(8(2)24-12)23-25(20,21)14(15,16)17/h4-7H,3H2,1-2H3. The van der Waals surface area contributed by atoms with Crippen molar-refractivity contribution in [2.75, 3.05) is 6.61 Å². The normalized spacial score (nSPS) is 12.0. The molecule has 0 amide bonds. The summed E-state index contributed by atoms with van der Waals surface area (Å²) in [4.78, 5) is 15.5. The van der Waals surface area contributed by atoms with E-state index >= 15 is 0 Å². The number of aryl methyl sites for hydroxylation is 1. The third-order valence-corrected chi connectivity index (χ3v) is 4.81. The van der Waals surface area contributed by atoms with Crippen LogP contribution in [0.25, 0.3) is 10.6 Å². The minimum atomic E-state index is -5.78. The lowest BCUT2D eigenvalue weighted by Gasteiger charge is -2.07. The van der Waals surface area contributed by atoms with Gasteiger partial charge in [0.25, 0.3) is 0 Å². The van der Waals surface area contributed by atoms with Gasteiger partial charge < -0.3 is 8.92 Å². The van der Waals surface area contributed by atoms with Crippen molar-refractivity contribution in [1.82, 2.24) is 4.98 Å². The number of benzene rings is 1. The molecule has 0 aliphatic rings. The molecule has 6 nitrogen and oxygen atoms in total. The van der Waals surface area contributed by atoms with Gasteiger partial charge in [-0.3, -0.25) is 0 Å². The van der Waals surface area contributed by atoms with Crippen LogP contribution in [0, 0.1) is 6.92 Å². The smallest absolute Gasteiger partial charge is 0.462 e. The second kappa shape index (κ2) is 7.00. The van der Waals surface area contributed by atoms with Crippen LogP contribution in [0.4, 0.5) is 13.2 Å². The minimum Gasteiger partial charge on any atom is -0.462 e. The molecule has 2 rings (SSSR count). The van der Waals surface area contributed by atoms with E-state index in [4.69, 9.17) is 4.74 Å². The van der Waals surface area contributed by atoms with Gasteiger partial charge in [-0.25, -0.2) is 9.78 Å². The molecule has 0 fully saturated rings. The molecule has 0 saturated heterocycles. The number of halogens is 3. The second-order valence-corrected chi connectivity index (χ2v) is 7.40. The van der Waals surface area contributed by atoms with Crippen molar-refractivity contribution in [2.45, 2.75) is 19.4 Å². The number of rotatable bonds is 5. The third kappa shape index (κ3) is 4.28. The van der Waals surface area contributed by atoms with E-state index in [2.05, 4.69) is 9.17 Å². The summed E-state index contributed by atoms with van der Waals surface area (Å²) >= 11 is 0.959. The van der Waals surface area contributed by atoms with Gasteiger partial charge in [0.05, 0.1) is 17.0 Å². The number of carbonyl (C=O) groups excluding carboxylic acids is 1. The van der Waals surface area contributed by atoms with E-state index in [-0.39, 0.29) is 16.5 Å². The SMILES string of the molecule is CCOC(=O)c1ccc(-c2nc(OS(=O)(=O)C(F)(F)F)c(C)s2)cc1. The first-order valence-corrected chi connectivity index (χ1v) is 9.03. The Morgan fingerprint density at radius 1 is 1.24 bits per heavy atom. The number of thiazole rings is 1. The quantitative estimate of drug-likeness (QED) is 0.438. The van der Waals surface area contributed by atoms with Gasteiger partial charge in [0.2, 0.25) is 5.88 Å². The summed E-state index contributed by atoms with van der Waals surface area (Å²) in [5.74, 6) is -1.14. The summed E-state index contributed by atoms with van der Waals surface area (Å²) in [5, 5.41) is 0.250. The Morgan fingerprint density at radius 2 is 1.84 bits per heavy atom. The summed E-state index contributed by atoms with van der Waals surface area (Å²) in [6.07, 6.45) is 0. The Bertz CT molecular complexity index is 873. The molecule has 2 aromatic rings. The summed E-state index contributed by atoms with van der Waals surface area (Å²) in [6, 6.07) is 5.98. The highest BCUT2D eigenvalue weighted by Crippen LogP contribution is 2.35. The molecule has 1 heterocycles. The van der Waals surface area contributed by atoms with Crippen molar-refractivity contribution in [3.8, 4) is 16.5 Å². The molecule has 0 aliphatic carbocycles. The predicted octanol–water partition coefficient (Wildman–Crippen LogP) is 3.52. The van der Waals surface area contributed by atoms with Gasteiger partial charge in [0.1, 0.15) is 5.01 Å². The van der Waals surface area contributed by atoms with Crippen molar-refractivity contribution < 1.29 is 35.3 Å². The zero-order valence-electron chi connectivity index (χ0n) is 13.0. The van der Waals surface area contributed by atoms with E-state index in [1.807, 2.05) is 0 Å². The summed E-state index contributed by atoms with van der Waals surface area (Å²) in [6.45, 7) is 3.27. The second-order valence-electron chi connectivity index (χ2n) is 4.66. The molecular weight excluding hydrogens is 383 g/mol. The van der Waals surface area contributed by atoms with Crippen LogP contribution in [-0.4, -0.2) is 31.5 Å². The largest absolute Gasteiger partial charge is 0.534 e. The first kappa shape index (κ1) is 19.2. The van der Waals surface area contributed by atoms with Crippen molar-refractivity contribution in [2.24, 2.45) is 0 Å². The van der Waals surface area contributed by atoms with Crippen molar-refractivity contribution >= 4 is 27.4 Å².